The Morgan fingerprint density at radius 3 is 2.50 bits per heavy atom. The van der Waals surface area contributed by atoms with E-state index in [4.69, 9.17) is 14.6 Å². The van der Waals surface area contributed by atoms with Crippen LogP contribution in [0.15, 0.2) is 30.3 Å². The Bertz CT molecular complexity index is 901. The van der Waals surface area contributed by atoms with Crippen molar-refractivity contribution in [3.63, 3.8) is 0 Å². The minimum absolute atomic E-state index is 0.112. The number of amides is 1. The lowest BCUT2D eigenvalue weighted by molar-refractivity contribution is -0.142. The van der Waals surface area contributed by atoms with Crippen LogP contribution in [0.3, 0.4) is 0 Å². The number of ether oxygens (including phenoxy) is 1. The first-order chi connectivity index (χ1) is 14.3. The van der Waals surface area contributed by atoms with Gasteiger partial charge in [-0.05, 0) is 39.1 Å². The Morgan fingerprint density at radius 2 is 1.90 bits per heavy atom. The summed E-state index contributed by atoms with van der Waals surface area (Å²) in [5.74, 6) is -1.12. The molecule has 2 N–H and O–H groups in total. The van der Waals surface area contributed by atoms with E-state index in [-0.39, 0.29) is 30.7 Å². The number of likely N-dealkylation sites (N-methyl/N-ethyl adjacent to an activating group) is 1. The number of nitrogens with zero attached hydrogens (tertiary/aromatic N) is 3. The first kappa shape index (κ1) is 23.1. The van der Waals surface area contributed by atoms with Crippen LogP contribution in [0, 0.1) is 5.92 Å². The Kier molecular flexibility index (Phi) is 8.11. The molecule has 1 aromatic carbocycles. The van der Waals surface area contributed by atoms with Crippen molar-refractivity contribution in [2.24, 2.45) is 5.92 Å². The SMILES string of the molecule is COc1cc(C(=O)N2C[C@@H](C(=O)O)CC[C@@H](N(C)C)C2)nc2ccccc12.O=CO. The molecule has 1 fully saturated rings. The molecule has 0 bridgehead atoms. The number of para-hydroxylation sites is 1. The third-order valence-corrected chi connectivity index (χ3v) is 5.20. The van der Waals surface area contributed by atoms with Crippen LogP contribution in [-0.2, 0) is 9.59 Å². The van der Waals surface area contributed by atoms with Crippen molar-refractivity contribution < 1.29 is 29.3 Å². The number of aromatic nitrogens is 1. The standard InChI is InChI=1S/C20H25N3O4.CH2O2/c1-22(2)14-9-8-13(20(25)26)11-23(12-14)19(24)17-10-18(27-3)15-6-4-5-7-16(15)21-17;2-1-3/h4-7,10,13-14H,8-9,11-12H2,1-3H3,(H,25,26);1H,(H,2,3)/t13-,14+;/m0./s1. The minimum Gasteiger partial charge on any atom is -0.496 e. The second-order valence-electron chi connectivity index (χ2n) is 7.27. The highest BCUT2D eigenvalue weighted by molar-refractivity contribution is 5.97. The number of benzene rings is 1. The second-order valence-corrected chi connectivity index (χ2v) is 7.27. The van der Waals surface area contributed by atoms with E-state index in [1.54, 1.807) is 18.1 Å². The van der Waals surface area contributed by atoms with Crippen LogP contribution in [-0.4, -0.2) is 83.7 Å². The molecule has 162 valence electrons. The number of carbonyl (C=O) groups is 3. The van der Waals surface area contributed by atoms with Gasteiger partial charge in [0, 0.05) is 30.6 Å². The van der Waals surface area contributed by atoms with Gasteiger partial charge in [0.15, 0.2) is 0 Å². The van der Waals surface area contributed by atoms with Crippen molar-refractivity contribution in [2.45, 2.75) is 18.9 Å². The summed E-state index contributed by atoms with van der Waals surface area (Å²) in [4.78, 5) is 41.3. The van der Waals surface area contributed by atoms with Crippen molar-refractivity contribution >= 4 is 29.3 Å². The zero-order chi connectivity index (χ0) is 22.3. The highest BCUT2D eigenvalue weighted by Crippen LogP contribution is 2.27. The first-order valence-corrected chi connectivity index (χ1v) is 9.52. The molecule has 0 unspecified atom stereocenters. The van der Waals surface area contributed by atoms with E-state index in [2.05, 4.69) is 4.98 Å². The van der Waals surface area contributed by atoms with Crippen LogP contribution in [0.5, 0.6) is 5.75 Å². The van der Waals surface area contributed by atoms with E-state index in [1.165, 1.54) is 0 Å². The van der Waals surface area contributed by atoms with Crippen LogP contribution in [0.1, 0.15) is 23.3 Å². The van der Waals surface area contributed by atoms with Gasteiger partial charge in [0.05, 0.1) is 18.5 Å². The van der Waals surface area contributed by atoms with Gasteiger partial charge in [-0.25, -0.2) is 4.98 Å². The van der Waals surface area contributed by atoms with Gasteiger partial charge in [0.1, 0.15) is 11.4 Å². The number of carboxylic acids is 1. The molecule has 30 heavy (non-hydrogen) atoms. The quantitative estimate of drug-likeness (QED) is 0.723. The fraction of sp³-hybridized carbons (Fsp3) is 0.429. The summed E-state index contributed by atoms with van der Waals surface area (Å²) in [6.07, 6.45) is 1.29. The van der Waals surface area contributed by atoms with E-state index >= 15 is 0 Å². The first-order valence-electron chi connectivity index (χ1n) is 9.52. The number of hydrogen-bond donors (Lipinski definition) is 2. The smallest absolute Gasteiger partial charge is 0.308 e. The number of hydrogen-bond acceptors (Lipinski definition) is 6. The zero-order valence-electron chi connectivity index (χ0n) is 17.3. The average molecular weight is 417 g/mol. The Hall–Kier alpha value is -3.20. The molecule has 9 heteroatoms. The zero-order valence-corrected chi connectivity index (χ0v) is 17.3. The van der Waals surface area contributed by atoms with Crippen molar-refractivity contribution in [1.82, 2.24) is 14.8 Å². The number of carbonyl (C=O) groups excluding carboxylic acids is 1. The highest BCUT2D eigenvalue weighted by atomic mass is 16.5. The molecule has 1 aliphatic heterocycles. The van der Waals surface area contributed by atoms with Crippen LogP contribution >= 0.6 is 0 Å². The molecule has 1 aromatic heterocycles. The largest absolute Gasteiger partial charge is 0.496 e. The maximum atomic E-state index is 13.2. The number of fused-ring (bicyclic) bond motifs is 1. The van der Waals surface area contributed by atoms with Crippen molar-refractivity contribution in [1.29, 1.82) is 0 Å². The van der Waals surface area contributed by atoms with E-state index < -0.39 is 11.9 Å². The molecule has 9 nitrogen and oxygen atoms in total. The van der Waals surface area contributed by atoms with Crippen LogP contribution in [0.2, 0.25) is 0 Å². The summed E-state index contributed by atoms with van der Waals surface area (Å²) in [7, 11) is 5.46. The molecular formula is C21H27N3O6. The summed E-state index contributed by atoms with van der Waals surface area (Å²) in [6, 6.07) is 9.22. The van der Waals surface area contributed by atoms with Crippen molar-refractivity contribution in [2.75, 3.05) is 34.3 Å². The second kappa shape index (κ2) is 10.5. The molecule has 1 saturated heterocycles. The molecular weight excluding hydrogens is 390 g/mol. The lowest BCUT2D eigenvalue weighted by Gasteiger charge is -2.28. The van der Waals surface area contributed by atoms with Gasteiger partial charge in [0.2, 0.25) is 0 Å². The molecule has 1 amide bonds. The summed E-state index contributed by atoms with van der Waals surface area (Å²) < 4.78 is 5.44. The normalized spacial score (nSPS) is 18.9. The van der Waals surface area contributed by atoms with E-state index in [0.717, 1.165) is 11.8 Å². The van der Waals surface area contributed by atoms with E-state index in [9.17, 15) is 14.7 Å². The number of aliphatic carboxylic acids is 1. The molecule has 2 heterocycles. The molecule has 0 saturated carbocycles. The van der Waals surface area contributed by atoms with Crippen LogP contribution < -0.4 is 4.74 Å². The molecule has 0 radical (unpaired) electrons. The van der Waals surface area contributed by atoms with Gasteiger partial charge in [-0.1, -0.05) is 12.1 Å². The number of methoxy groups -OCH3 is 1. The summed E-state index contributed by atoms with van der Waals surface area (Å²) >= 11 is 0. The Balaban J connectivity index is 0.00000101. The predicted octanol–water partition coefficient (Wildman–Crippen LogP) is 1.81. The van der Waals surface area contributed by atoms with E-state index in [1.807, 2.05) is 43.3 Å². The molecule has 3 rings (SSSR count). The predicted molar refractivity (Wildman–Crippen MR) is 111 cm³/mol. The number of carboxylic acid groups (broad SMARTS) is 2. The number of rotatable bonds is 4. The fourth-order valence-electron chi connectivity index (χ4n) is 3.54. The highest BCUT2D eigenvalue weighted by Gasteiger charge is 2.32. The molecule has 1 aliphatic rings. The lowest BCUT2D eigenvalue weighted by Crippen LogP contribution is -2.43. The summed E-state index contributed by atoms with van der Waals surface area (Å²) in [5, 5.41) is 17.2. The Morgan fingerprint density at radius 1 is 1.23 bits per heavy atom. The lowest BCUT2D eigenvalue weighted by atomic mass is 10.0. The number of likely N-dealkylation sites (tertiary alicyclic amines) is 1. The number of pyridine rings is 1. The van der Waals surface area contributed by atoms with Crippen molar-refractivity contribution in [3.05, 3.63) is 36.0 Å². The monoisotopic (exact) mass is 417 g/mol. The molecule has 0 spiro atoms. The third kappa shape index (κ3) is 5.44. The van der Waals surface area contributed by atoms with Gasteiger partial charge in [-0.3, -0.25) is 14.4 Å². The molecule has 2 aromatic rings. The van der Waals surface area contributed by atoms with Gasteiger partial charge in [-0.2, -0.15) is 0 Å². The topological polar surface area (TPSA) is 120 Å². The fourth-order valence-corrected chi connectivity index (χ4v) is 3.54. The summed E-state index contributed by atoms with van der Waals surface area (Å²) in [5.41, 5.74) is 0.947. The van der Waals surface area contributed by atoms with Crippen molar-refractivity contribution in [3.8, 4) is 5.75 Å². The maximum absolute atomic E-state index is 13.2. The molecule has 2 atom stereocenters. The minimum atomic E-state index is -0.865. The average Bonchev–Trinajstić information content (AvgIpc) is 2.96. The van der Waals surface area contributed by atoms with Gasteiger partial charge >= 0.3 is 5.97 Å². The third-order valence-electron chi connectivity index (χ3n) is 5.20. The van der Waals surface area contributed by atoms with E-state index in [0.29, 0.717) is 24.2 Å². The van der Waals surface area contributed by atoms with Gasteiger partial charge in [0.25, 0.3) is 12.4 Å². The summed E-state index contributed by atoms with van der Waals surface area (Å²) in [6.45, 7) is 0.418. The van der Waals surface area contributed by atoms with Crippen LogP contribution in [0.25, 0.3) is 10.9 Å². The van der Waals surface area contributed by atoms with Gasteiger partial charge < -0.3 is 24.7 Å². The molecule has 0 aliphatic carbocycles. The Labute approximate surface area is 174 Å². The van der Waals surface area contributed by atoms with Gasteiger partial charge in [-0.15, -0.1) is 0 Å². The van der Waals surface area contributed by atoms with Crippen LogP contribution in [0.4, 0.5) is 0 Å². The maximum Gasteiger partial charge on any atom is 0.308 e.